The lowest BCUT2D eigenvalue weighted by Crippen LogP contribution is -2.25. The highest BCUT2D eigenvalue weighted by Gasteiger charge is 2.14. The van der Waals surface area contributed by atoms with Crippen LogP contribution in [0.5, 0.6) is 0 Å². The van der Waals surface area contributed by atoms with E-state index in [9.17, 15) is 0 Å². The molecule has 0 fully saturated rings. The lowest BCUT2D eigenvalue weighted by Gasteiger charge is -2.24. The van der Waals surface area contributed by atoms with Crippen molar-refractivity contribution in [3.8, 4) is 6.07 Å². The summed E-state index contributed by atoms with van der Waals surface area (Å²) in [4.78, 5) is 14.8. The van der Waals surface area contributed by atoms with E-state index in [1.54, 1.807) is 19.4 Å². The van der Waals surface area contributed by atoms with Gasteiger partial charge in [0.05, 0.1) is 17.0 Å². The molecule has 108 valence electrons. The fraction of sp³-hybridized carbons (Fsp3) is 0.286. The molecular formula is C14H15BrN6. The van der Waals surface area contributed by atoms with Crippen LogP contribution in [0.15, 0.2) is 35.2 Å². The summed E-state index contributed by atoms with van der Waals surface area (Å²) in [5, 5.41) is 11.8. The van der Waals surface area contributed by atoms with Gasteiger partial charge >= 0.3 is 0 Å². The normalized spacial score (nSPS) is 9.95. The maximum absolute atomic E-state index is 8.85. The van der Waals surface area contributed by atoms with E-state index in [4.69, 9.17) is 5.26 Å². The van der Waals surface area contributed by atoms with E-state index in [0.717, 1.165) is 15.9 Å². The molecule has 0 atom stereocenters. The predicted octanol–water partition coefficient (Wildman–Crippen LogP) is 2.60. The summed E-state index contributed by atoms with van der Waals surface area (Å²) in [5.74, 6) is 1.30. The van der Waals surface area contributed by atoms with Crippen molar-refractivity contribution in [3.05, 3.63) is 40.8 Å². The fourth-order valence-electron chi connectivity index (χ4n) is 1.86. The van der Waals surface area contributed by atoms with Crippen molar-refractivity contribution in [1.29, 1.82) is 5.26 Å². The van der Waals surface area contributed by atoms with Crippen LogP contribution in [-0.2, 0) is 6.54 Å². The highest BCUT2D eigenvalue weighted by Crippen LogP contribution is 2.25. The molecule has 0 saturated heterocycles. The Balaban J connectivity index is 2.29. The molecule has 2 aromatic rings. The lowest BCUT2D eigenvalue weighted by atomic mass is 10.2. The summed E-state index contributed by atoms with van der Waals surface area (Å²) in [5.41, 5.74) is 1.06. The number of nitriles is 1. The van der Waals surface area contributed by atoms with Crippen LogP contribution >= 0.6 is 15.9 Å². The molecule has 2 heterocycles. The molecule has 7 heteroatoms. The van der Waals surface area contributed by atoms with Crippen LogP contribution in [0.4, 0.5) is 11.8 Å². The Morgan fingerprint density at radius 3 is 2.95 bits per heavy atom. The second-order valence-corrected chi connectivity index (χ2v) is 5.16. The molecular weight excluding hydrogens is 332 g/mol. The molecule has 2 aromatic heterocycles. The average Bonchev–Trinajstić information content (AvgIpc) is 2.53. The van der Waals surface area contributed by atoms with Crippen molar-refractivity contribution >= 4 is 27.7 Å². The molecule has 0 unspecified atom stereocenters. The number of nitrogens with zero attached hydrogens (tertiary/aromatic N) is 5. The van der Waals surface area contributed by atoms with Crippen LogP contribution in [0.1, 0.15) is 12.0 Å². The molecule has 0 spiro atoms. The van der Waals surface area contributed by atoms with Gasteiger partial charge in [0.15, 0.2) is 0 Å². The van der Waals surface area contributed by atoms with E-state index >= 15 is 0 Å². The van der Waals surface area contributed by atoms with Crippen molar-refractivity contribution < 1.29 is 0 Å². The quantitative estimate of drug-likeness (QED) is 0.866. The van der Waals surface area contributed by atoms with E-state index in [0.29, 0.717) is 25.5 Å². The van der Waals surface area contributed by atoms with Gasteiger partial charge in [-0.1, -0.05) is 6.07 Å². The number of anilines is 2. The summed E-state index contributed by atoms with van der Waals surface area (Å²) in [6.07, 6.45) is 5.68. The van der Waals surface area contributed by atoms with Crippen molar-refractivity contribution in [1.82, 2.24) is 15.0 Å². The summed E-state index contributed by atoms with van der Waals surface area (Å²) in [7, 11) is 1.77. The molecule has 0 aliphatic carbocycles. The minimum atomic E-state index is 0.422. The van der Waals surface area contributed by atoms with Crippen LogP contribution in [0.2, 0.25) is 0 Å². The first-order valence-electron chi connectivity index (χ1n) is 6.45. The van der Waals surface area contributed by atoms with Crippen LogP contribution in [0.25, 0.3) is 0 Å². The topological polar surface area (TPSA) is 77.7 Å². The molecule has 0 radical (unpaired) electrons. The van der Waals surface area contributed by atoms with Gasteiger partial charge in [-0.05, 0) is 27.6 Å². The third-order valence-electron chi connectivity index (χ3n) is 2.84. The molecule has 0 aliphatic rings. The van der Waals surface area contributed by atoms with Gasteiger partial charge in [0.1, 0.15) is 5.82 Å². The average molecular weight is 347 g/mol. The third kappa shape index (κ3) is 4.13. The zero-order chi connectivity index (χ0) is 15.1. The Labute approximate surface area is 132 Å². The highest BCUT2D eigenvalue weighted by molar-refractivity contribution is 9.10. The summed E-state index contributed by atoms with van der Waals surface area (Å²) >= 11 is 3.47. The molecule has 0 bridgehead atoms. The second-order valence-electron chi connectivity index (χ2n) is 4.31. The van der Waals surface area contributed by atoms with Gasteiger partial charge in [0, 0.05) is 38.7 Å². The van der Waals surface area contributed by atoms with E-state index in [1.807, 2.05) is 23.2 Å². The van der Waals surface area contributed by atoms with Crippen molar-refractivity contribution in [3.63, 3.8) is 0 Å². The first-order valence-corrected chi connectivity index (χ1v) is 7.25. The Morgan fingerprint density at radius 1 is 1.43 bits per heavy atom. The zero-order valence-electron chi connectivity index (χ0n) is 11.6. The Morgan fingerprint density at radius 2 is 2.29 bits per heavy atom. The van der Waals surface area contributed by atoms with Crippen molar-refractivity contribution in [2.24, 2.45) is 0 Å². The number of pyridine rings is 1. The standard InChI is InChI=1S/C14H15BrN6/c1-17-14-19-9-12(15)13(20-14)21(7-3-5-16)10-11-4-2-6-18-8-11/h2,4,6,8-9H,3,7,10H2,1H3,(H,17,19,20). The van der Waals surface area contributed by atoms with E-state index in [-0.39, 0.29) is 0 Å². The number of rotatable bonds is 6. The van der Waals surface area contributed by atoms with Crippen molar-refractivity contribution in [2.45, 2.75) is 13.0 Å². The monoisotopic (exact) mass is 346 g/mol. The molecule has 0 saturated carbocycles. The molecule has 2 rings (SSSR count). The number of hydrogen-bond acceptors (Lipinski definition) is 6. The minimum absolute atomic E-state index is 0.422. The smallest absolute Gasteiger partial charge is 0.224 e. The number of halogens is 1. The molecule has 0 amide bonds. The highest BCUT2D eigenvalue weighted by atomic mass is 79.9. The number of nitrogens with one attached hydrogen (secondary N) is 1. The van der Waals surface area contributed by atoms with Crippen molar-refractivity contribution in [2.75, 3.05) is 23.8 Å². The third-order valence-corrected chi connectivity index (χ3v) is 3.40. The number of hydrogen-bond donors (Lipinski definition) is 1. The Bertz CT molecular complexity index is 625. The van der Waals surface area contributed by atoms with Gasteiger partial charge in [-0.2, -0.15) is 10.2 Å². The van der Waals surface area contributed by atoms with Crippen LogP contribution in [0, 0.1) is 11.3 Å². The molecule has 0 aliphatic heterocycles. The van der Waals surface area contributed by atoms with Crippen LogP contribution in [-0.4, -0.2) is 28.5 Å². The van der Waals surface area contributed by atoms with Gasteiger partial charge in [-0.15, -0.1) is 0 Å². The summed E-state index contributed by atoms with van der Waals surface area (Å²) in [6, 6.07) is 6.07. The largest absolute Gasteiger partial charge is 0.357 e. The zero-order valence-corrected chi connectivity index (χ0v) is 13.2. The van der Waals surface area contributed by atoms with Gasteiger partial charge in [0.25, 0.3) is 0 Å². The van der Waals surface area contributed by atoms with Crippen LogP contribution in [0.3, 0.4) is 0 Å². The van der Waals surface area contributed by atoms with Gasteiger partial charge in [0.2, 0.25) is 5.95 Å². The Kier molecular flexibility index (Phi) is 5.46. The molecule has 6 nitrogen and oxygen atoms in total. The van der Waals surface area contributed by atoms with E-state index in [1.165, 1.54) is 0 Å². The summed E-state index contributed by atoms with van der Waals surface area (Å²) in [6.45, 7) is 1.22. The first-order chi connectivity index (χ1) is 10.2. The van der Waals surface area contributed by atoms with E-state index < -0.39 is 0 Å². The van der Waals surface area contributed by atoms with Gasteiger partial charge in [-0.25, -0.2) is 4.98 Å². The molecule has 0 aromatic carbocycles. The van der Waals surface area contributed by atoms with Crippen LogP contribution < -0.4 is 10.2 Å². The maximum atomic E-state index is 8.85. The SMILES string of the molecule is CNc1ncc(Br)c(N(CCC#N)Cc2cccnc2)n1. The molecule has 21 heavy (non-hydrogen) atoms. The Hall–Kier alpha value is -2.20. The maximum Gasteiger partial charge on any atom is 0.224 e. The van der Waals surface area contributed by atoms with Gasteiger partial charge < -0.3 is 10.2 Å². The fourth-order valence-corrected chi connectivity index (χ4v) is 2.30. The van der Waals surface area contributed by atoms with Gasteiger partial charge in [-0.3, -0.25) is 4.98 Å². The first kappa shape index (κ1) is 15.2. The predicted molar refractivity (Wildman–Crippen MR) is 84.8 cm³/mol. The van der Waals surface area contributed by atoms with E-state index in [2.05, 4.69) is 42.3 Å². The summed E-state index contributed by atoms with van der Waals surface area (Å²) < 4.78 is 0.795. The number of aromatic nitrogens is 3. The minimum Gasteiger partial charge on any atom is -0.357 e. The lowest BCUT2D eigenvalue weighted by molar-refractivity contribution is 0.775. The second kappa shape index (κ2) is 7.55. The molecule has 1 N–H and O–H groups in total.